The number of H-pyrrole nitrogens is 1. The van der Waals surface area contributed by atoms with Gasteiger partial charge in [0, 0.05) is 23.6 Å². The van der Waals surface area contributed by atoms with Gasteiger partial charge in [-0.15, -0.1) is 0 Å². The predicted molar refractivity (Wildman–Crippen MR) is 107 cm³/mol. The van der Waals surface area contributed by atoms with Gasteiger partial charge in [-0.3, -0.25) is 9.59 Å². The number of esters is 1. The first-order valence-corrected chi connectivity index (χ1v) is 10.6. The lowest BCUT2D eigenvalue weighted by Crippen LogP contribution is -2.51. The van der Waals surface area contributed by atoms with Crippen molar-refractivity contribution in [2.75, 3.05) is 13.2 Å². The number of carbonyl (C=O) groups is 2. The van der Waals surface area contributed by atoms with Crippen LogP contribution in [0.2, 0.25) is 0 Å². The van der Waals surface area contributed by atoms with E-state index < -0.39 is 0 Å². The van der Waals surface area contributed by atoms with Crippen molar-refractivity contribution in [2.45, 2.75) is 44.9 Å². The number of fused-ring (bicyclic) bond motifs is 1. The van der Waals surface area contributed by atoms with Crippen LogP contribution in [0.1, 0.15) is 44.1 Å². The highest BCUT2D eigenvalue weighted by Gasteiger charge is 2.50. The number of hydrogen-bond acceptors (Lipinski definition) is 3. The molecule has 0 radical (unpaired) electrons. The molecule has 0 aliphatic heterocycles. The number of aromatic nitrogens is 1. The largest absolute Gasteiger partial charge is 0.455 e. The Bertz CT molecular complexity index is 865. The molecule has 1 aromatic carbocycles. The average molecular weight is 380 g/mol. The first kappa shape index (κ1) is 17.8. The predicted octanol–water partition coefficient (Wildman–Crippen LogP) is 3.59. The number of nitrogens with one attached hydrogen (secondary N) is 2. The standard InChI is InChI=1S/C23H28N2O3/c26-21(25-14-23-9-15-5-16(10-23)7-17(6-15)11-23)13-28-22(27)8-18-12-24-20-4-2-1-3-19(18)20/h1-4,12,15-17,24H,5-11,13-14H2,(H,25,26). The Balaban J connectivity index is 1.10. The number of benzene rings is 1. The van der Waals surface area contributed by atoms with Gasteiger partial charge in [0.2, 0.25) is 0 Å². The lowest BCUT2D eigenvalue weighted by molar-refractivity contribution is -0.148. The lowest BCUT2D eigenvalue weighted by atomic mass is 9.49. The van der Waals surface area contributed by atoms with Gasteiger partial charge >= 0.3 is 5.97 Å². The maximum absolute atomic E-state index is 12.3. The SMILES string of the molecule is O=C(COC(=O)Cc1c[nH]c2ccccc12)NCC12CC3CC(CC(C3)C1)C2. The molecule has 2 aromatic rings. The molecule has 6 rings (SSSR count). The summed E-state index contributed by atoms with van der Waals surface area (Å²) in [5.74, 6) is 2.07. The van der Waals surface area contributed by atoms with Crippen LogP contribution in [0.4, 0.5) is 0 Å². The molecule has 4 bridgehead atoms. The number of carbonyl (C=O) groups excluding carboxylic acids is 2. The Kier molecular flexibility index (Phi) is 4.41. The molecule has 28 heavy (non-hydrogen) atoms. The highest BCUT2D eigenvalue weighted by Crippen LogP contribution is 2.59. The number of para-hydroxylation sites is 1. The topological polar surface area (TPSA) is 71.2 Å². The molecule has 2 N–H and O–H groups in total. The zero-order valence-corrected chi connectivity index (χ0v) is 16.2. The molecule has 0 saturated heterocycles. The van der Waals surface area contributed by atoms with Gasteiger partial charge < -0.3 is 15.0 Å². The van der Waals surface area contributed by atoms with Gasteiger partial charge in [0.15, 0.2) is 6.61 Å². The summed E-state index contributed by atoms with van der Waals surface area (Å²) in [6, 6.07) is 7.85. The van der Waals surface area contributed by atoms with Crippen LogP contribution >= 0.6 is 0 Å². The first-order valence-electron chi connectivity index (χ1n) is 10.6. The van der Waals surface area contributed by atoms with Crippen molar-refractivity contribution >= 4 is 22.8 Å². The zero-order valence-electron chi connectivity index (χ0n) is 16.2. The molecule has 4 fully saturated rings. The number of ether oxygens (including phenoxy) is 1. The van der Waals surface area contributed by atoms with E-state index in [1.54, 1.807) is 0 Å². The van der Waals surface area contributed by atoms with E-state index in [2.05, 4.69) is 10.3 Å². The summed E-state index contributed by atoms with van der Waals surface area (Å²) >= 11 is 0. The van der Waals surface area contributed by atoms with Crippen LogP contribution in [0, 0.1) is 23.2 Å². The summed E-state index contributed by atoms with van der Waals surface area (Å²) in [4.78, 5) is 27.6. The summed E-state index contributed by atoms with van der Waals surface area (Å²) in [6.07, 6.45) is 10.0. The Morgan fingerprint density at radius 1 is 1.07 bits per heavy atom. The van der Waals surface area contributed by atoms with Crippen molar-refractivity contribution in [1.29, 1.82) is 0 Å². The summed E-state index contributed by atoms with van der Waals surface area (Å²) in [6.45, 7) is 0.558. The van der Waals surface area contributed by atoms with Crippen molar-refractivity contribution in [1.82, 2.24) is 10.3 Å². The monoisotopic (exact) mass is 380 g/mol. The Hall–Kier alpha value is -2.30. The second kappa shape index (κ2) is 6.94. The van der Waals surface area contributed by atoms with E-state index in [0.717, 1.165) is 40.8 Å². The van der Waals surface area contributed by atoms with Crippen LogP contribution < -0.4 is 5.32 Å². The molecular formula is C23H28N2O3. The number of amides is 1. The second-order valence-corrected chi connectivity index (χ2v) is 9.39. The zero-order chi connectivity index (χ0) is 19.1. The van der Waals surface area contributed by atoms with Gasteiger partial charge in [-0.25, -0.2) is 0 Å². The number of rotatable bonds is 6. The molecule has 0 atom stereocenters. The molecule has 0 spiro atoms. The fraction of sp³-hybridized carbons (Fsp3) is 0.565. The van der Waals surface area contributed by atoms with Crippen LogP contribution in [-0.2, 0) is 20.7 Å². The van der Waals surface area contributed by atoms with Crippen molar-refractivity contribution in [3.63, 3.8) is 0 Å². The smallest absolute Gasteiger partial charge is 0.310 e. The van der Waals surface area contributed by atoms with E-state index in [1.807, 2.05) is 30.5 Å². The Morgan fingerprint density at radius 2 is 1.75 bits per heavy atom. The van der Waals surface area contributed by atoms with E-state index in [1.165, 1.54) is 38.5 Å². The van der Waals surface area contributed by atoms with Gasteiger partial charge in [-0.1, -0.05) is 18.2 Å². The minimum atomic E-state index is -0.366. The molecule has 5 heteroatoms. The molecule has 1 heterocycles. The van der Waals surface area contributed by atoms with Crippen molar-refractivity contribution in [3.05, 3.63) is 36.0 Å². The molecule has 5 nitrogen and oxygen atoms in total. The number of aromatic amines is 1. The molecule has 1 aromatic heterocycles. The van der Waals surface area contributed by atoms with Crippen LogP contribution in [0.25, 0.3) is 10.9 Å². The third kappa shape index (κ3) is 3.43. The fourth-order valence-corrected chi connectivity index (χ4v) is 6.47. The normalized spacial score (nSPS) is 30.5. The van der Waals surface area contributed by atoms with E-state index in [4.69, 9.17) is 4.74 Å². The summed E-state index contributed by atoms with van der Waals surface area (Å²) in [5.41, 5.74) is 2.20. The van der Waals surface area contributed by atoms with Crippen LogP contribution in [0.5, 0.6) is 0 Å². The molecule has 4 saturated carbocycles. The molecule has 1 amide bonds. The third-order valence-corrected chi connectivity index (χ3v) is 7.20. The third-order valence-electron chi connectivity index (χ3n) is 7.20. The van der Waals surface area contributed by atoms with Crippen LogP contribution in [0.15, 0.2) is 30.5 Å². The van der Waals surface area contributed by atoms with E-state index in [-0.39, 0.29) is 24.9 Å². The highest BCUT2D eigenvalue weighted by molar-refractivity contribution is 5.88. The number of hydrogen-bond donors (Lipinski definition) is 2. The minimum Gasteiger partial charge on any atom is -0.455 e. The van der Waals surface area contributed by atoms with Gasteiger partial charge in [-0.05, 0) is 73.3 Å². The van der Waals surface area contributed by atoms with Crippen molar-refractivity contribution in [2.24, 2.45) is 23.2 Å². The summed E-state index contributed by atoms with van der Waals surface area (Å²) < 4.78 is 5.23. The van der Waals surface area contributed by atoms with Gasteiger partial charge in [-0.2, -0.15) is 0 Å². The molecular weight excluding hydrogens is 352 g/mol. The van der Waals surface area contributed by atoms with Gasteiger partial charge in [0.25, 0.3) is 5.91 Å². The highest BCUT2D eigenvalue weighted by atomic mass is 16.5. The maximum atomic E-state index is 12.3. The molecule has 4 aliphatic carbocycles. The maximum Gasteiger partial charge on any atom is 0.310 e. The lowest BCUT2D eigenvalue weighted by Gasteiger charge is -2.56. The fourth-order valence-electron chi connectivity index (χ4n) is 6.47. The van der Waals surface area contributed by atoms with Gasteiger partial charge in [0.1, 0.15) is 0 Å². The van der Waals surface area contributed by atoms with E-state index >= 15 is 0 Å². The second-order valence-electron chi connectivity index (χ2n) is 9.39. The molecule has 148 valence electrons. The van der Waals surface area contributed by atoms with E-state index in [0.29, 0.717) is 5.41 Å². The van der Waals surface area contributed by atoms with Crippen molar-refractivity contribution < 1.29 is 14.3 Å². The average Bonchev–Trinajstić information content (AvgIpc) is 3.07. The van der Waals surface area contributed by atoms with Gasteiger partial charge in [0.05, 0.1) is 6.42 Å². The minimum absolute atomic E-state index is 0.173. The summed E-state index contributed by atoms with van der Waals surface area (Å²) in [5, 5.41) is 4.08. The summed E-state index contributed by atoms with van der Waals surface area (Å²) in [7, 11) is 0. The molecule has 0 unspecified atom stereocenters. The Labute approximate surface area is 165 Å². The Morgan fingerprint density at radius 3 is 2.46 bits per heavy atom. The van der Waals surface area contributed by atoms with E-state index in [9.17, 15) is 9.59 Å². The van der Waals surface area contributed by atoms with Crippen molar-refractivity contribution in [3.8, 4) is 0 Å². The van der Waals surface area contributed by atoms with Crippen LogP contribution in [0.3, 0.4) is 0 Å². The quantitative estimate of drug-likeness (QED) is 0.753. The van der Waals surface area contributed by atoms with Crippen LogP contribution in [-0.4, -0.2) is 30.0 Å². The first-order chi connectivity index (χ1) is 13.6. The molecule has 4 aliphatic rings.